The zero-order valence-corrected chi connectivity index (χ0v) is 11.3. The maximum atomic E-state index is 13.5. The third-order valence-corrected chi connectivity index (χ3v) is 4.26. The van der Waals surface area contributed by atoms with Crippen molar-refractivity contribution >= 4 is 33.5 Å². The molecule has 0 saturated heterocycles. The number of rotatable bonds is 4. The van der Waals surface area contributed by atoms with Gasteiger partial charge in [-0.05, 0) is 58.3 Å². The van der Waals surface area contributed by atoms with Crippen molar-refractivity contribution in [2.75, 3.05) is 0 Å². The van der Waals surface area contributed by atoms with E-state index in [1.165, 1.54) is 6.07 Å². The van der Waals surface area contributed by atoms with Crippen molar-refractivity contribution in [2.24, 2.45) is 5.92 Å². The average molecular weight is 322 g/mol. The summed E-state index contributed by atoms with van der Waals surface area (Å²) in [6.45, 7) is 0. The molecule has 1 aliphatic rings. The summed E-state index contributed by atoms with van der Waals surface area (Å²) in [5, 5.41) is 8.92. The average Bonchev–Trinajstić information content (AvgIpc) is 3.05. The van der Waals surface area contributed by atoms with E-state index < -0.39 is 11.8 Å². The largest absolute Gasteiger partial charge is 0.481 e. The number of carboxylic acid groups (broad SMARTS) is 1. The van der Waals surface area contributed by atoms with Crippen molar-refractivity contribution in [3.8, 4) is 0 Å². The number of carbonyl (C=O) groups is 1. The van der Waals surface area contributed by atoms with Crippen LogP contribution in [0.3, 0.4) is 0 Å². The lowest BCUT2D eigenvalue weighted by atomic mass is 9.91. The van der Waals surface area contributed by atoms with Gasteiger partial charge in [0.2, 0.25) is 0 Å². The van der Waals surface area contributed by atoms with Crippen LogP contribution in [-0.4, -0.2) is 11.1 Å². The first kappa shape index (κ1) is 12.8. The summed E-state index contributed by atoms with van der Waals surface area (Å²) in [5.74, 6) is -1.12. The monoisotopic (exact) mass is 320 g/mol. The molecule has 1 unspecified atom stereocenters. The standard InChI is InChI=1S/C12H11BrClFO2/c13-9-3-7(4-10(15)12(9)14)8(5-11(16)17)6-1-2-6/h3-4,6,8H,1-2,5H2,(H,16,17). The van der Waals surface area contributed by atoms with Crippen molar-refractivity contribution in [1.29, 1.82) is 0 Å². The maximum absolute atomic E-state index is 13.5. The summed E-state index contributed by atoms with van der Waals surface area (Å²) in [4.78, 5) is 10.8. The molecule has 0 aliphatic heterocycles. The van der Waals surface area contributed by atoms with Gasteiger partial charge in [-0.3, -0.25) is 4.79 Å². The van der Waals surface area contributed by atoms with Crippen LogP contribution in [0.5, 0.6) is 0 Å². The topological polar surface area (TPSA) is 37.3 Å². The summed E-state index contributed by atoms with van der Waals surface area (Å²) in [5.41, 5.74) is 0.712. The molecule has 0 heterocycles. The third kappa shape index (κ3) is 2.99. The Bertz CT molecular complexity index is 437. The highest BCUT2D eigenvalue weighted by molar-refractivity contribution is 9.10. The Morgan fingerprint density at radius 2 is 2.24 bits per heavy atom. The molecule has 2 nitrogen and oxygen atoms in total. The Hall–Kier alpha value is -0.610. The van der Waals surface area contributed by atoms with E-state index in [1.807, 2.05) is 0 Å². The molecule has 2 rings (SSSR count). The molecule has 0 radical (unpaired) electrons. The molecule has 1 aromatic rings. The second kappa shape index (κ2) is 4.94. The Kier molecular flexibility index (Phi) is 3.73. The van der Waals surface area contributed by atoms with Gasteiger partial charge < -0.3 is 5.11 Å². The number of hydrogen-bond acceptors (Lipinski definition) is 1. The highest BCUT2D eigenvalue weighted by atomic mass is 79.9. The quantitative estimate of drug-likeness (QED) is 0.844. The van der Waals surface area contributed by atoms with E-state index in [0.29, 0.717) is 16.0 Å². The van der Waals surface area contributed by atoms with Gasteiger partial charge in [0.1, 0.15) is 5.82 Å². The molecule has 1 aliphatic carbocycles. The maximum Gasteiger partial charge on any atom is 0.303 e. The predicted molar refractivity (Wildman–Crippen MR) is 66.8 cm³/mol. The molecule has 1 N–H and O–H groups in total. The zero-order valence-electron chi connectivity index (χ0n) is 8.92. The molecule has 0 aromatic heterocycles. The van der Waals surface area contributed by atoms with Crippen molar-refractivity contribution in [2.45, 2.75) is 25.2 Å². The van der Waals surface area contributed by atoms with Crippen LogP contribution in [0.25, 0.3) is 0 Å². The van der Waals surface area contributed by atoms with Gasteiger partial charge in [-0.1, -0.05) is 11.6 Å². The molecular weight excluding hydrogens is 310 g/mol. The first-order valence-electron chi connectivity index (χ1n) is 5.35. The summed E-state index contributed by atoms with van der Waals surface area (Å²) in [7, 11) is 0. The summed E-state index contributed by atoms with van der Waals surface area (Å²) >= 11 is 8.90. The molecular formula is C12H11BrClFO2. The van der Waals surface area contributed by atoms with Crippen LogP contribution in [0.1, 0.15) is 30.7 Å². The summed E-state index contributed by atoms with van der Waals surface area (Å²) in [6, 6.07) is 3.07. The van der Waals surface area contributed by atoms with E-state index >= 15 is 0 Å². The van der Waals surface area contributed by atoms with Crippen LogP contribution < -0.4 is 0 Å². The summed E-state index contributed by atoms with van der Waals surface area (Å²) in [6.07, 6.45) is 2.07. The van der Waals surface area contributed by atoms with Gasteiger partial charge in [0.25, 0.3) is 0 Å². The molecule has 0 amide bonds. The lowest BCUT2D eigenvalue weighted by Gasteiger charge is -2.15. The fourth-order valence-corrected chi connectivity index (χ4v) is 2.60. The van der Waals surface area contributed by atoms with E-state index in [9.17, 15) is 9.18 Å². The minimum Gasteiger partial charge on any atom is -0.481 e. The Morgan fingerprint density at radius 3 is 2.71 bits per heavy atom. The van der Waals surface area contributed by atoms with E-state index in [2.05, 4.69) is 15.9 Å². The van der Waals surface area contributed by atoms with E-state index in [0.717, 1.165) is 12.8 Å². The van der Waals surface area contributed by atoms with Gasteiger partial charge in [0.15, 0.2) is 0 Å². The van der Waals surface area contributed by atoms with Gasteiger partial charge >= 0.3 is 5.97 Å². The van der Waals surface area contributed by atoms with Gasteiger partial charge in [0, 0.05) is 4.47 Å². The third-order valence-electron chi connectivity index (χ3n) is 3.02. The number of carboxylic acids is 1. The van der Waals surface area contributed by atoms with Crippen LogP contribution in [0.15, 0.2) is 16.6 Å². The van der Waals surface area contributed by atoms with Gasteiger partial charge in [-0.15, -0.1) is 0 Å². The molecule has 0 bridgehead atoms. The smallest absolute Gasteiger partial charge is 0.303 e. The molecule has 17 heavy (non-hydrogen) atoms. The summed E-state index contributed by atoms with van der Waals surface area (Å²) < 4.78 is 14.0. The second-order valence-electron chi connectivity index (χ2n) is 4.34. The Labute approximate surface area is 112 Å². The SMILES string of the molecule is O=C(O)CC(c1cc(F)c(Cl)c(Br)c1)C1CC1. The molecule has 5 heteroatoms. The first-order valence-corrected chi connectivity index (χ1v) is 6.52. The molecule has 1 aromatic carbocycles. The van der Waals surface area contributed by atoms with Crippen LogP contribution in [-0.2, 0) is 4.79 Å². The number of benzene rings is 1. The Balaban J connectivity index is 2.32. The van der Waals surface area contributed by atoms with E-state index in [4.69, 9.17) is 16.7 Å². The number of aliphatic carboxylic acids is 1. The minimum atomic E-state index is -0.853. The normalized spacial score (nSPS) is 16.9. The number of hydrogen-bond donors (Lipinski definition) is 1. The lowest BCUT2D eigenvalue weighted by Crippen LogP contribution is -2.09. The Morgan fingerprint density at radius 1 is 1.59 bits per heavy atom. The molecule has 1 saturated carbocycles. The highest BCUT2D eigenvalue weighted by Crippen LogP contribution is 2.45. The van der Waals surface area contributed by atoms with Crippen molar-refractivity contribution in [1.82, 2.24) is 0 Å². The van der Waals surface area contributed by atoms with Crippen molar-refractivity contribution in [3.05, 3.63) is 33.0 Å². The van der Waals surface area contributed by atoms with Crippen LogP contribution >= 0.6 is 27.5 Å². The van der Waals surface area contributed by atoms with E-state index in [-0.39, 0.29) is 17.4 Å². The minimum absolute atomic E-state index is 0.0399. The first-order chi connectivity index (χ1) is 7.99. The van der Waals surface area contributed by atoms with Crippen LogP contribution in [0, 0.1) is 11.7 Å². The lowest BCUT2D eigenvalue weighted by molar-refractivity contribution is -0.137. The second-order valence-corrected chi connectivity index (χ2v) is 5.57. The molecule has 92 valence electrons. The number of halogens is 3. The van der Waals surface area contributed by atoms with Crippen LogP contribution in [0.2, 0.25) is 5.02 Å². The van der Waals surface area contributed by atoms with Gasteiger partial charge in [-0.25, -0.2) is 4.39 Å². The van der Waals surface area contributed by atoms with Crippen molar-refractivity contribution in [3.63, 3.8) is 0 Å². The fraction of sp³-hybridized carbons (Fsp3) is 0.417. The van der Waals surface area contributed by atoms with Crippen LogP contribution in [0.4, 0.5) is 4.39 Å². The van der Waals surface area contributed by atoms with Gasteiger partial charge in [-0.2, -0.15) is 0 Å². The molecule has 1 fully saturated rings. The fourth-order valence-electron chi connectivity index (χ4n) is 2.03. The predicted octanol–water partition coefficient (Wildman–Crippen LogP) is 4.21. The highest BCUT2D eigenvalue weighted by Gasteiger charge is 2.34. The van der Waals surface area contributed by atoms with E-state index in [1.54, 1.807) is 6.07 Å². The van der Waals surface area contributed by atoms with Crippen molar-refractivity contribution < 1.29 is 14.3 Å². The molecule has 1 atom stereocenters. The molecule has 0 spiro atoms. The zero-order chi connectivity index (χ0) is 12.6. The van der Waals surface area contributed by atoms with Gasteiger partial charge in [0.05, 0.1) is 11.4 Å².